The fourth-order valence-electron chi connectivity index (χ4n) is 3.52. The Balaban J connectivity index is 2.07. The van der Waals surface area contributed by atoms with Gasteiger partial charge in [-0.3, -0.25) is 14.2 Å². The zero-order chi connectivity index (χ0) is 17.3. The number of rotatable bonds is 6. The van der Waals surface area contributed by atoms with Crippen molar-refractivity contribution in [1.82, 2.24) is 9.55 Å². The molecule has 2 N–H and O–H groups in total. The Morgan fingerprint density at radius 2 is 2.25 bits per heavy atom. The summed E-state index contributed by atoms with van der Waals surface area (Å²) in [4.78, 5) is 31.2. The minimum Gasteiger partial charge on any atom is -0.370 e. The number of aryl methyl sites for hydroxylation is 2. The van der Waals surface area contributed by atoms with Gasteiger partial charge in [-0.25, -0.2) is 4.98 Å². The summed E-state index contributed by atoms with van der Waals surface area (Å²) in [6.45, 7) is 4.87. The molecule has 1 amide bonds. The second-order valence-electron chi connectivity index (χ2n) is 6.84. The number of hydrogen-bond acceptors (Lipinski definition) is 4. The number of primary amides is 1. The molecule has 1 atom stereocenters. The molecule has 0 bridgehead atoms. The van der Waals surface area contributed by atoms with Crippen LogP contribution in [-0.4, -0.2) is 15.5 Å². The Hall–Kier alpha value is -1.69. The van der Waals surface area contributed by atoms with Gasteiger partial charge >= 0.3 is 0 Å². The van der Waals surface area contributed by atoms with Crippen molar-refractivity contribution in [2.45, 2.75) is 65.3 Å². The van der Waals surface area contributed by atoms with E-state index in [-0.39, 0.29) is 11.5 Å². The fraction of sp³-hybridized carbons (Fsp3) is 0.611. The van der Waals surface area contributed by atoms with Gasteiger partial charge in [0.2, 0.25) is 5.91 Å². The van der Waals surface area contributed by atoms with Crippen molar-refractivity contribution in [1.29, 1.82) is 0 Å². The second-order valence-corrected chi connectivity index (χ2v) is 7.92. The lowest BCUT2D eigenvalue weighted by Gasteiger charge is -2.17. The third-order valence-corrected chi connectivity index (χ3v) is 5.92. The highest BCUT2D eigenvalue weighted by Crippen LogP contribution is 2.35. The topological polar surface area (TPSA) is 78.0 Å². The molecule has 0 saturated heterocycles. The van der Waals surface area contributed by atoms with Gasteiger partial charge in [-0.1, -0.05) is 13.8 Å². The molecule has 1 unspecified atom stereocenters. The van der Waals surface area contributed by atoms with Crippen LogP contribution < -0.4 is 11.3 Å². The van der Waals surface area contributed by atoms with Crippen molar-refractivity contribution in [3.63, 3.8) is 0 Å². The van der Waals surface area contributed by atoms with Crippen molar-refractivity contribution >= 4 is 27.5 Å². The Kier molecular flexibility index (Phi) is 5.04. The van der Waals surface area contributed by atoms with Crippen LogP contribution in [0.4, 0.5) is 0 Å². The Morgan fingerprint density at radius 1 is 1.46 bits per heavy atom. The molecule has 2 aromatic heterocycles. The molecule has 3 rings (SSSR count). The smallest absolute Gasteiger partial charge is 0.262 e. The maximum Gasteiger partial charge on any atom is 0.262 e. The summed E-state index contributed by atoms with van der Waals surface area (Å²) in [5.74, 6) is 1.20. The molecule has 1 aliphatic rings. The van der Waals surface area contributed by atoms with Crippen molar-refractivity contribution < 1.29 is 4.79 Å². The van der Waals surface area contributed by atoms with Gasteiger partial charge in [0, 0.05) is 24.3 Å². The number of hydrogen-bond donors (Lipinski definition) is 1. The van der Waals surface area contributed by atoms with Gasteiger partial charge < -0.3 is 5.73 Å². The summed E-state index contributed by atoms with van der Waals surface area (Å²) in [7, 11) is 0. The third kappa shape index (κ3) is 3.24. The number of amides is 1. The molecule has 0 aliphatic heterocycles. The van der Waals surface area contributed by atoms with E-state index in [2.05, 4.69) is 13.8 Å². The van der Waals surface area contributed by atoms with E-state index in [9.17, 15) is 9.59 Å². The third-order valence-electron chi connectivity index (χ3n) is 4.77. The average molecular weight is 347 g/mol. The Morgan fingerprint density at radius 3 is 2.96 bits per heavy atom. The molecular formula is C18H25N3O2S. The molecule has 0 saturated carbocycles. The van der Waals surface area contributed by atoms with Crippen LogP contribution in [0.2, 0.25) is 0 Å². The first-order chi connectivity index (χ1) is 11.5. The van der Waals surface area contributed by atoms with Gasteiger partial charge in [0.15, 0.2) is 0 Å². The molecule has 6 heteroatoms. The number of thiophene rings is 1. The van der Waals surface area contributed by atoms with Crippen LogP contribution in [-0.2, 0) is 30.6 Å². The second kappa shape index (κ2) is 7.05. The Labute approximate surface area is 145 Å². The average Bonchev–Trinajstić information content (AvgIpc) is 2.87. The van der Waals surface area contributed by atoms with Crippen LogP contribution in [0.3, 0.4) is 0 Å². The summed E-state index contributed by atoms with van der Waals surface area (Å²) in [6, 6.07) is 0. The highest BCUT2D eigenvalue weighted by Gasteiger charge is 2.24. The molecule has 24 heavy (non-hydrogen) atoms. The molecule has 2 aromatic rings. The number of carbonyl (C=O) groups excluding carboxylic acids is 1. The molecule has 0 radical (unpaired) electrons. The first kappa shape index (κ1) is 17.1. The van der Waals surface area contributed by atoms with E-state index in [0.717, 1.165) is 48.1 Å². The van der Waals surface area contributed by atoms with E-state index in [1.807, 2.05) is 0 Å². The summed E-state index contributed by atoms with van der Waals surface area (Å²) in [5, 5.41) is 0.820. The fourth-order valence-corrected chi connectivity index (χ4v) is 4.91. The monoisotopic (exact) mass is 347 g/mol. The van der Waals surface area contributed by atoms with Crippen molar-refractivity contribution in [2.24, 2.45) is 11.7 Å². The molecule has 0 aromatic carbocycles. The highest BCUT2D eigenvalue weighted by molar-refractivity contribution is 7.18. The summed E-state index contributed by atoms with van der Waals surface area (Å²) in [6.07, 6.45) is 5.77. The van der Waals surface area contributed by atoms with Crippen molar-refractivity contribution in [2.75, 3.05) is 0 Å². The SMILES string of the molecule is CCCc1nc2sc3c(c2c(=O)n1CCCC(N)=O)CCC(C)C3. The zero-order valence-corrected chi connectivity index (χ0v) is 15.2. The standard InChI is InChI=1S/C18H25N3O2S/c1-3-5-15-20-17-16(12-8-7-11(2)10-13(12)24-17)18(23)21(15)9-4-6-14(19)22/h11H,3-10H2,1-2H3,(H2,19,22). The highest BCUT2D eigenvalue weighted by atomic mass is 32.1. The van der Waals surface area contributed by atoms with Gasteiger partial charge in [0.25, 0.3) is 5.56 Å². The van der Waals surface area contributed by atoms with E-state index in [1.54, 1.807) is 15.9 Å². The number of fused-ring (bicyclic) bond motifs is 3. The summed E-state index contributed by atoms with van der Waals surface area (Å²) < 4.78 is 1.78. The molecular weight excluding hydrogens is 322 g/mol. The number of nitrogens with zero attached hydrogens (tertiary/aromatic N) is 2. The van der Waals surface area contributed by atoms with E-state index in [4.69, 9.17) is 10.7 Å². The van der Waals surface area contributed by atoms with Crippen LogP contribution in [0.25, 0.3) is 10.2 Å². The molecule has 5 nitrogen and oxygen atoms in total. The lowest BCUT2D eigenvalue weighted by atomic mass is 9.89. The number of aromatic nitrogens is 2. The normalized spacial score (nSPS) is 17.2. The lowest BCUT2D eigenvalue weighted by Crippen LogP contribution is -2.26. The van der Waals surface area contributed by atoms with Crippen LogP contribution in [0.5, 0.6) is 0 Å². The van der Waals surface area contributed by atoms with Gasteiger partial charge in [0.1, 0.15) is 10.7 Å². The molecule has 130 valence electrons. The Bertz CT molecular complexity index is 822. The number of carbonyl (C=O) groups is 1. The van der Waals surface area contributed by atoms with Crippen LogP contribution in [0.15, 0.2) is 4.79 Å². The van der Waals surface area contributed by atoms with Gasteiger partial charge in [-0.2, -0.15) is 0 Å². The molecule has 0 spiro atoms. The van der Waals surface area contributed by atoms with Gasteiger partial charge in [0.05, 0.1) is 5.39 Å². The first-order valence-electron chi connectivity index (χ1n) is 8.83. The minimum absolute atomic E-state index is 0.0694. The minimum atomic E-state index is -0.323. The summed E-state index contributed by atoms with van der Waals surface area (Å²) >= 11 is 1.70. The largest absolute Gasteiger partial charge is 0.370 e. The molecule has 0 fully saturated rings. The number of nitrogens with two attached hydrogens (primary N) is 1. The van der Waals surface area contributed by atoms with E-state index < -0.39 is 0 Å². The predicted molar refractivity (Wildman–Crippen MR) is 97.5 cm³/mol. The lowest BCUT2D eigenvalue weighted by molar-refractivity contribution is -0.118. The predicted octanol–water partition coefficient (Wildman–Crippen LogP) is 2.80. The molecule has 2 heterocycles. The van der Waals surface area contributed by atoms with Crippen molar-refractivity contribution in [3.05, 3.63) is 26.6 Å². The van der Waals surface area contributed by atoms with Crippen LogP contribution in [0, 0.1) is 5.92 Å². The molecule has 1 aliphatic carbocycles. The van der Waals surface area contributed by atoms with Crippen molar-refractivity contribution in [3.8, 4) is 0 Å². The maximum absolute atomic E-state index is 13.1. The van der Waals surface area contributed by atoms with Crippen LogP contribution in [0.1, 0.15) is 55.8 Å². The zero-order valence-electron chi connectivity index (χ0n) is 14.4. The quantitative estimate of drug-likeness (QED) is 0.873. The maximum atomic E-state index is 13.1. The van der Waals surface area contributed by atoms with Gasteiger partial charge in [-0.15, -0.1) is 11.3 Å². The van der Waals surface area contributed by atoms with E-state index in [0.29, 0.717) is 25.3 Å². The van der Waals surface area contributed by atoms with Crippen LogP contribution >= 0.6 is 11.3 Å². The first-order valence-corrected chi connectivity index (χ1v) is 9.65. The van der Waals surface area contributed by atoms with Gasteiger partial charge in [-0.05, 0) is 43.6 Å². The van der Waals surface area contributed by atoms with E-state index >= 15 is 0 Å². The van der Waals surface area contributed by atoms with E-state index in [1.165, 1.54) is 10.4 Å². The summed E-state index contributed by atoms with van der Waals surface area (Å²) in [5.41, 5.74) is 6.52.